The molecule has 1 aromatic carbocycles. The quantitative estimate of drug-likeness (QED) is 0.585. The highest BCUT2D eigenvalue weighted by molar-refractivity contribution is 7.80. The second kappa shape index (κ2) is 10.1. The number of benzene rings is 1. The van der Waals surface area contributed by atoms with Gasteiger partial charge in [0, 0.05) is 38.1 Å². The van der Waals surface area contributed by atoms with Crippen LogP contribution in [0.2, 0.25) is 0 Å². The molecule has 7 heteroatoms. The number of pyridine rings is 1. The van der Waals surface area contributed by atoms with Crippen LogP contribution in [0, 0.1) is 25.2 Å². The molecule has 1 N–H and O–H groups in total. The van der Waals surface area contributed by atoms with E-state index in [1.165, 1.54) is 5.56 Å². The number of aromatic nitrogens is 1. The molecule has 2 heterocycles. The Morgan fingerprint density at radius 2 is 2.00 bits per heavy atom. The molecule has 0 spiro atoms. The van der Waals surface area contributed by atoms with E-state index in [1.54, 1.807) is 0 Å². The van der Waals surface area contributed by atoms with E-state index in [2.05, 4.69) is 66.2 Å². The monoisotopic (exact) mass is 424 g/mol. The summed E-state index contributed by atoms with van der Waals surface area (Å²) in [4.78, 5) is 11.6. The minimum atomic E-state index is 0.646. The SMILES string of the molecule is Cc1cc(C)c2cc(C#N)c(N3CCCN(C(=S)NCCCN(C)C)CC3)nc2c1. The van der Waals surface area contributed by atoms with Gasteiger partial charge >= 0.3 is 0 Å². The molecule has 1 fully saturated rings. The number of hydrogen-bond acceptors (Lipinski definition) is 5. The molecule has 6 nitrogen and oxygen atoms in total. The Hall–Kier alpha value is -2.43. The molecule has 160 valence electrons. The second-order valence-electron chi connectivity index (χ2n) is 8.34. The molecule has 0 amide bonds. The van der Waals surface area contributed by atoms with Gasteiger partial charge in [0.05, 0.1) is 11.1 Å². The Bertz CT molecular complexity index is 949. The van der Waals surface area contributed by atoms with Crippen molar-refractivity contribution in [3.63, 3.8) is 0 Å². The molecule has 0 aliphatic carbocycles. The number of thiocarbonyl (C=S) groups is 1. The normalized spacial score (nSPS) is 14.7. The Morgan fingerprint density at radius 3 is 2.73 bits per heavy atom. The molecule has 0 atom stereocenters. The zero-order chi connectivity index (χ0) is 21.7. The molecule has 30 heavy (non-hydrogen) atoms. The van der Waals surface area contributed by atoms with Crippen LogP contribution in [0.3, 0.4) is 0 Å². The van der Waals surface area contributed by atoms with E-state index in [9.17, 15) is 5.26 Å². The van der Waals surface area contributed by atoms with Crippen LogP contribution in [0.5, 0.6) is 0 Å². The van der Waals surface area contributed by atoms with Gasteiger partial charge in [-0.2, -0.15) is 5.26 Å². The van der Waals surface area contributed by atoms with Crippen molar-refractivity contribution in [3.05, 3.63) is 34.9 Å². The molecule has 3 rings (SSSR count). The average Bonchev–Trinajstić information content (AvgIpc) is 2.96. The maximum atomic E-state index is 9.76. The van der Waals surface area contributed by atoms with Crippen LogP contribution in [0.4, 0.5) is 5.82 Å². The van der Waals surface area contributed by atoms with Gasteiger partial charge in [-0.15, -0.1) is 0 Å². The largest absolute Gasteiger partial charge is 0.363 e. The highest BCUT2D eigenvalue weighted by atomic mass is 32.1. The summed E-state index contributed by atoms with van der Waals surface area (Å²) in [5.74, 6) is 0.793. The van der Waals surface area contributed by atoms with Gasteiger partial charge in [-0.05, 0) is 82.8 Å². The minimum Gasteiger partial charge on any atom is -0.363 e. The molecule has 1 saturated heterocycles. The van der Waals surface area contributed by atoms with Crippen LogP contribution >= 0.6 is 12.2 Å². The third kappa shape index (κ3) is 5.38. The smallest absolute Gasteiger partial charge is 0.168 e. The Morgan fingerprint density at radius 1 is 1.20 bits per heavy atom. The van der Waals surface area contributed by atoms with E-state index in [4.69, 9.17) is 17.2 Å². The Kier molecular flexibility index (Phi) is 7.46. The van der Waals surface area contributed by atoms with Gasteiger partial charge in [-0.25, -0.2) is 4.98 Å². The van der Waals surface area contributed by atoms with Gasteiger partial charge in [0.1, 0.15) is 11.9 Å². The molecular weight excluding hydrogens is 392 g/mol. The average molecular weight is 425 g/mol. The van der Waals surface area contributed by atoms with E-state index in [-0.39, 0.29) is 0 Å². The second-order valence-corrected chi connectivity index (χ2v) is 8.72. The van der Waals surface area contributed by atoms with E-state index >= 15 is 0 Å². The van der Waals surface area contributed by atoms with Gasteiger partial charge in [0.2, 0.25) is 0 Å². The number of aryl methyl sites for hydroxylation is 2. The molecule has 0 bridgehead atoms. The maximum Gasteiger partial charge on any atom is 0.168 e. The highest BCUT2D eigenvalue weighted by Crippen LogP contribution is 2.27. The first-order chi connectivity index (χ1) is 14.4. The lowest BCUT2D eigenvalue weighted by molar-refractivity contribution is 0.394. The van der Waals surface area contributed by atoms with Gasteiger partial charge in [-0.3, -0.25) is 0 Å². The number of nitrogens with zero attached hydrogens (tertiary/aromatic N) is 5. The van der Waals surface area contributed by atoms with Gasteiger partial charge in [0.15, 0.2) is 5.11 Å². The molecule has 0 saturated carbocycles. The Balaban J connectivity index is 1.71. The first kappa shape index (κ1) is 22.3. The summed E-state index contributed by atoms with van der Waals surface area (Å²) in [5.41, 5.74) is 3.96. The zero-order valence-electron chi connectivity index (χ0n) is 18.5. The molecule has 0 unspecified atom stereocenters. The number of anilines is 1. The molecule has 0 radical (unpaired) electrons. The molecule has 2 aromatic rings. The minimum absolute atomic E-state index is 0.646. The van der Waals surface area contributed by atoms with Gasteiger partial charge < -0.3 is 20.0 Å². The van der Waals surface area contributed by atoms with E-state index in [0.29, 0.717) is 5.56 Å². The summed E-state index contributed by atoms with van der Waals surface area (Å²) < 4.78 is 0. The first-order valence-electron chi connectivity index (χ1n) is 10.6. The summed E-state index contributed by atoms with van der Waals surface area (Å²) in [6.07, 6.45) is 2.05. The number of nitrogens with one attached hydrogen (secondary N) is 1. The van der Waals surface area contributed by atoms with Crippen LogP contribution in [-0.4, -0.2) is 73.3 Å². The fraction of sp³-hybridized carbons (Fsp3) is 0.522. The fourth-order valence-electron chi connectivity index (χ4n) is 3.98. The molecular formula is C23H32N6S. The van der Waals surface area contributed by atoms with Crippen LogP contribution in [0.15, 0.2) is 18.2 Å². The third-order valence-electron chi connectivity index (χ3n) is 5.53. The van der Waals surface area contributed by atoms with Crippen molar-refractivity contribution in [1.82, 2.24) is 20.1 Å². The lowest BCUT2D eigenvalue weighted by Crippen LogP contribution is -2.42. The van der Waals surface area contributed by atoms with Crippen LogP contribution in [-0.2, 0) is 0 Å². The van der Waals surface area contributed by atoms with Crippen LogP contribution < -0.4 is 10.2 Å². The van der Waals surface area contributed by atoms with E-state index in [0.717, 1.165) is 79.5 Å². The third-order valence-corrected chi connectivity index (χ3v) is 5.93. The van der Waals surface area contributed by atoms with Crippen molar-refractivity contribution >= 4 is 34.1 Å². The van der Waals surface area contributed by atoms with Crippen molar-refractivity contribution in [2.75, 3.05) is 58.3 Å². The number of rotatable bonds is 5. The summed E-state index contributed by atoms with van der Waals surface area (Å²) >= 11 is 5.62. The predicted molar refractivity (Wildman–Crippen MR) is 128 cm³/mol. The lowest BCUT2D eigenvalue weighted by atomic mass is 10.0. The lowest BCUT2D eigenvalue weighted by Gasteiger charge is -2.26. The van der Waals surface area contributed by atoms with Crippen molar-refractivity contribution in [1.29, 1.82) is 5.26 Å². The zero-order valence-corrected chi connectivity index (χ0v) is 19.3. The van der Waals surface area contributed by atoms with Gasteiger partial charge in [0.25, 0.3) is 0 Å². The number of hydrogen-bond donors (Lipinski definition) is 1. The van der Waals surface area contributed by atoms with Crippen LogP contribution in [0.1, 0.15) is 29.5 Å². The highest BCUT2D eigenvalue weighted by Gasteiger charge is 2.21. The summed E-state index contributed by atoms with van der Waals surface area (Å²) in [7, 11) is 4.17. The van der Waals surface area contributed by atoms with Gasteiger partial charge in [-0.1, -0.05) is 6.07 Å². The predicted octanol–water partition coefficient (Wildman–Crippen LogP) is 3.06. The molecule has 1 aliphatic heterocycles. The fourth-order valence-corrected chi connectivity index (χ4v) is 4.26. The first-order valence-corrected chi connectivity index (χ1v) is 11.0. The molecule has 1 aromatic heterocycles. The maximum absolute atomic E-state index is 9.76. The number of fused-ring (bicyclic) bond motifs is 1. The van der Waals surface area contributed by atoms with Crippen molar-refractivity contribution < 1.29 is 0 Å². The topological polar surface area (TPSA) is 58.4 Å². The number of nitriles is 1. The Labute approximate surface area is 185 Å². The van der Waals surface area contributed by atoms with Crippen molar-refractivity contribution in [2.45, 2.75) is 26.7 Å². The molecule has 1 aliphatic rings. The van der Waals surface area contributed by atoms with E-state index in [1.807, 2.05) is 6.07 Å². The van der Waals surface area contributed by atoms with Crippen molar-refractivity contribution in [3.8, 4) is 6.07 Å². The summed E-state index contributed by atoms with van der Waals surface area (Å²) in [6, 6.07) is 8.60. The standard InChI is InChI=1S/C23H32N6S/c1-17-13-18(2)20-15-19(16-24)22(26-21(20)14-17)28-9-6-10-29(12-11-28)23(30)25-7-5-8-27(3)4/h13-15H,5-12H2,1-4H3,(H,25,30). The van der Waals surface area contributed by atoms with Crippen molar-refractivity contribution in [2.24, 2.45) is 0 Å². The van der Waals surface area contributed by atoms with Crippen LogP contribution in [0.25, 0.3) is 10.9 Å². The summed E-state index contributed by atoms with van der Waals surface area (Å²) in [6.45, 7) is 9.53. The summed E-state index contributed by atoms with van der Waals surface area (Å²) in [5, 5.41) is 15.0. The van der Waals surface area contributed by atoms with E-state index < -0.39 is 0 Å².